The lowest BCUT2D eigenvalue weighted by Crippen LogP contribution is -2.44. The quantitative estimate of drug-likeness (QED) is 0.0195. The molecule has 2 atom stereocenters. The molecule has 374 valence electrons. The molecule has 9 heteroatoms. The molecule has 9 nitrogen and oxygen atoms in total. The Balaban J connectivity index is 4.35. The number of ether oxygens (including phenoxy) is 4. The molecule has 0 radical (unpaired) electrons. The van der Waals surface area contributed by atoms with Gasteiger partial charge in [-0.25, -0.2) is 0 Å². The number of hydrogen-bond donors (Lipinski definition) is 0. The van der Waals surface area contributed by atoms with Gasteiger partial charge in [-0.2, -0.15) is 0 Å². The van der Waals surface area contributed by atoms with Crippen LogP contribution in [0.3, 0.4) is 0 Å². The molecule has 66 heavy (non-hydrogen) atoms. The van der Waals surface area contributed by atoms with E-state index in [1.54, 1.807) is 0 Å². The third kappa shape index (κ3) is 47.9. The Bertz CT molecular complexity index is 1440. The number of unbranched alkanes of at least 4 members (excludes halogenated alkanes) is 12. The number of aliphatic carboxylic acids is 1. The summed E-state index contributed by atoms with van der Waals surface area (Å²) in [6.45, 7) is 4.54. The highest BCUT2D eigenvalue weighted by Gasteiger charge is 2.21. The molecule has 0 fully saturated rings. The summed E-state index contributed by atoms with van der Waals surface area (Å²) in [5.74, 6) is -2.35. The minimum atomic E-state index is -1.63. The van der Waals surface area contributed by atoms with Gasteiger partial charge in [0.15, 0.2) is 12.4 Å². The van der Waals surface area contributed by atoms with Gasteiger partial charge in [0.2, 0.25) is 0 Å². The summed E-state index contributed by atoms with van der Waals surface area (Å²) in [7, 11) is 5.89. The Hall–Kier alpha value is -4.05. The highest BCUT2D eigenvalue weighted by molar-refractivity contribution is 5.70. The summed E-state index contributed by atoms with van der Waals surface area (Å²) in [6.07, 6.45) is 61.4. The van der Waals surface area contributed by atoms with Gasteiger partial charge in [-0.15, -0.1) is 0 Å². The van der Waals surface area contributed by atoms with E-state index in [0.29, 0.717) is 17.4 Å². The monoisotopic (exact) mass is 920 g/mol. The minimum Gasteiger partial charge on any atom is -0.545 e. The summed E-state index contributed by atoms with van der Waals surface area (Å²) in [5, 5.41) is 11.7. The minimum absolute atomic E-state index is 0.136. The predicted octanol–water partition coefficient (Wildman–Crippen LogP) is 13.1. The maximum Gasteiger partial charge on any atom is 0.306 e. The molecule has 0 heterocycles. The summed E-state index contributed by atoms with van der Waals surface area (Å²) in [4.78, 5) is 37.0. The molecule has 0 bridgehead atoms. The van der Waals surface area contributed by atoms with Gasteiger partial charge < -0.3 is 33.3 Å². The van der Waals surface area contributed by atoms with Crippen LogP contribution in [-0.2, 0) is 33.3 Å². The molecule has 0 spiro atoms. The third-order valence-corrected chi connectivity index (χ3v) is 10.3. The third-order valence-electron chi connectivity index (χ3n) is 10.3. The van der Waals surface area contributed by atoms with Crippen molar-refractivity contribution in [2.45, 2.75) is 187 Å². The molecule has 0 saturated carbocycles. The SMILES string of the molecule is CC/C=C\C/C=C\C/C=C\C/C=C\C/C=C\C/C=C\C/C=C\C/C=C\C/C=C\CCCCCC(=O)OC(COC(=O)CCCCCCCCCCCC)COC(OCC[N+](C)(C)C)C(=O)[O-]. The van der Waals surface area contributed by atoms with Crippen LogP contribution in [0.5, 0.6) is 0 Å². The topological polar surface area (TPSA) is 111 Å². The zero-order valence-electron chi connectivity index (χ0n) is 42.3. The maximum absolute atomic E-state index is 12.8. The number of carbonyl (C=O) groups is 3. The molecule has 0 amide bonds. The number of carboxylic acid groups (broad SMARTS) is 1. The van der Waals surface area contributed by atoms with Crippen LogP contribution in [0.4, 0.5) is 0 Å². The fraction of sp³-hybridized carbons (Fsp3) is 0.632. The lowest BCUT2D eigenvalue weighted by Gasteiger charge is -2.26. The number of allylic oxidation sites excluding steroid dienone is 18. The molecular weight excluding hydrogens is 827 g/mol. The molecule has 0 rings (SSSR count). The van der Waals surface area contributed by atoms with Crippen LogP contribution in [0.2, 0.25) is 0 Å². The van der Waals surface area contributed by atoms with Crippen molar-refractivity contribution < 1.29 is 42.9 Å². The summed E-state index contributed by atoms with van der Waals surface area (Å²) in [5.41, 5.74) is 0. The van der Waals surface area contributed by atoms with Crippen LogP contribution >= 0.6 is 0 Å². The van der Waals surface area contributed by atoms with Crippen LogP contribution in [0.25, 0.3) is 0 Å². The number of likely N-dealkylation sites (N-methyl/N-ethyl adjacent to an activating group) is 1. The van der Waals surface area contributed by atoms with Gasteiger partial charge in [-0.3, -0.25) is 9.59 Å². The second-order valence-corrected chi connectivity index (χ2v) is 17.7. The molecule has 0 aromatic carbocycles. The standard InChI is InChI=1S/C57H93NO8/c1-6-8-10-12-14-16-18-19-20-21-22-23-24-25-26-27-28-29-30-31-32-33-34-35-36-37-38-40-42-44-46-48-55(60)66-53(52-65-57(56(61)62)63-50-49-58(3,4)5)51-64-54(59)47-45-43-41-39-17-15-13-11-9-7-2/h8,10,14,16,19-20,22-23,25-26,28-29,31-32,34-35,37-38,53,57H,6-7,9,11-13,15,17-18,21,24,27,30,33,36,39-52H2,1-5H3/b10-8-,16-14-,20-19-,23-22-,26-25-,29-28-,32-31-,35-34-,38-37-. The lowest BCUT2D eigenvalue weighted by atomic mass is 10.1. The van der Waals surface area contributed by atoms with Crippen molar-refractivity contribution in [3.63, 3.8) is 0 Å². The van der Waals surface area contributed by atoms with Crippen molar-refractivity contribution in [1.82, 2.24) is 0 Å². The van der Waals surface area contributed by atoms with Gasteiger partial charge in [-0.05, 0) is 83.5 Å². The Labute approximate surface area is 403 Å². The summed E-state index contributed by atoms with van der Waals surface area (Å²) < 4.78 is 22.5. The Morgan fingerprint density at radius 3 is 1.29 bits per heavy atom. The van der Waals surface area contributed by atoms with Gasteiger partial charge >= 0.3 is 11.9 Å². The normalized spacial score (nSPS) is 13.8. The highest BCUT2D eigenvalue weighted by Crippen LogP contribution is 2.13. The first kappa shape index (κ1) is 62.0. The van der Waals surface area contributed by atoms with Crippen molar-refractivity contribution in [3.05, 3.63) is 109 Å². The van der Waals surface area contributed by atoms with Crippen molar-refractivity contribution in [3.8, 4) is 0 Å². The van der Waals surface area contributed by atoms with Crippen LogP contribution in [-0.4, -0.2) is 82.3 Å². The van der Waals surface area contributed by atoms with E-state index in [1.807, 2.05) is 21.1 Å². The zero-order chi connectivity index (χ0) is 48.4. The van der Waals surface area contributed by atoms with Crippen molar-refractivity contribution in [2.24, 2.45) is 0 Å². The van der Waals surface area contributed by atoms with E-state index >= 15 is 0 Å². The number of quaternary nitrogens is 1. The first-order valence-corrected chi connectivity index (χ1v) is 25.5. The predicted molar refractivity (Wildman–Crippen MR) is 273 cm³/mol. The van der Waals surface area contributed by atoms with Gasteiger partial charge in [0.1, 0.15) is 13.2 Å². The van der Waals surface area contributed by atoms with Gasteiger partial charge in [0.05, 0.1) is 40.3 Å². The van der Waals surface area contributed by atoms with Crippen molar-refractivity contribution in [2.75, 3.05) is 47.5 Å². The molecule has 2 unspecified atom stereocenters. The van der Waals surface area contributed by atoms with Gasteiger partial charge in [0, 0.05) is 12.8 Å². The number of rotatable bonds is 45. The molecule has 0 aromatic rings. The number of nitrogens with zero attached hydrogens (tertiary/aromatic N) is 1. The maximum atomic E-state index is 12.8. The smallest absolute Gasteiger partial charge is 0.306 e. The van der Waals surface area contributed by atoms with E-state index < -0.39 is 24.3 Å². The Morgan fingerprint density at radius 1 is 0.470 bits per heavy atom. The Kier molecular flexibility index (Phi) is 44.5. The van der Waals surface area contributed by atoms with E-state index in [-0.39, 0.29) is 38.6 Å². The van der Waals surface area contributed by atoms with E-state index in [1.165, 1.54) is 44.9 Å². The molecule has 0 N–H and O–H groups in total. The highest BCUT2D eigenvalue weighted by atomic mass is 16.7. The average molecular weight is 920 g/mol. The van der Waals surface area contributed by atoms with E-state index in [4.69, 9.17) is 18.9 Å². The fourth-order valence-electron chi connectivity index (χ4n) is 6.35. The number of esters is 2. The number of carbonyl (C=O) groups excluding carboxylic acids is 3. The second-order valence-electron chi connectivity index (χ2n) is 17.7. The van der Waals surface area contributed by atoms with E-state index in [2.05, 4.69) is 123 Å². The van der Waals surface area contributed by atoms with Crippen LogP contribution in [0, 0.1) is 0 Å². The van der Waals surface area contributed by atoms with Gasteiger partial charge in [0.25, 0.3) is 0 Å². The first-order valence-electron chi connectivity index (χ1n) is 25.5. The van der Waals surface area contributed by atoms with Crippen molar-refractivity contribution in [1.29, 1.82) is 0 Å². The summed E-state index contributed by atoms with van der Waals surface area (Å²) >= 11 is 0. The molecule has 0 saturated heterocycles. The van der Waals surface area contributed by atoms with Crippen LogP contribution in [0.1, 0.15) is 174 Å². The zero-order valence-corrected chi connectivity index (χ0v) is 42.3. The van der Waals surface area contributed by atoms with Crippen LogP contribution < -0.4 is 5.11 Å². The molecule has 0 aliphatic rings. The molecular formula is C57H93NO8. The molecule has 0 aliphatic carbocycles. The van der Waals surface area contributed by atoms with E-state index in [0.717, 1.165) is 96.3 Å². The van der Waals surface area contributed by atoms with Gasteiger partial charge in [-0.1, -0.05) is 187 Å². The number of hydrogen-bond acceptors (Lipinski definition) is 8. The molecule has 0 aliphatic heterocycles. The first-order chi connectivity index (χ1) is 32.1. The Morgan fingerprint density at radius 2 is 0.864 bits per heavy atom. The van der Waals surface area contributed by atoms with Crippen LogP contribution in [0.15, 0.2) is 109 Å². The second kappa shape index (κ2) is 47.4. The largest absolute Gasteiger partial charge is 0.545 e. The van der Waals surface area contributed by atoms with E-state index in [9.17, 15) is 19.5 Å². The molecule has 0 aromatic heterocycles. The number of carboxylic acids is 1. The van der Waals surface area contributed by atoms with Crippen molar-refractivity contribution >= 4 is 17.9 Å². The average Bonchev–Trinajstić information content (AvgIpc) is 3.28. The summed E-state index contributed by atoms with van der Waals surface area (Å²) in [6, 6.07) is 0. The fourth-order valence-corrected chi connectivity index (χ4v) is 6.35. The lowest BCUT2D eigenvalue weighted by molar-refractivity contribution is -0.870.